The van der Waals surface area contributed by atoms with Crippen LogP contribution in [-0.2, 0) is 19.1 Å². The van der Waals surface area contributed by atoms with Crippen molar-refractivity contribution in [3.8, 4) is 11.1 Å². The summed E-state index contributed by atoms with van der Waals surface area (Å²) in [6.07, 6.45) is -1.47. The van der Waals surface area contributed by atoms with Crippen LogP contribution in [0.1, 0.15) is 58.5 Å². The fraction of sp³-hybridized carbons (Fsp3) is 0.303. The molecule has 2 heterocycles. The molecular formula is C33H31N3O8. The van der Waals surface area contributed by atoms with E-state index >= 15 is 0 Å². The van der Waals surface area contributed by atoms with Crippen LogP contribution in [0.5, 0.6) is 0 Å². The average Bonchev–Trinajstić information content (AvgIpc) is 3.45. The number of piperazine rings is 1. The number of hydroxylamine groups is 2. The molecule has 2 aliphatic heterocycles. The number of amides is 4. The Bertz CT molecular complexity index is 1600. The molecule has 3 aliphatic rings. The summed E-state index contributed by atoms with van der Waals surface area (Å²) in [6.45, 7) is 4.83. The van der Waals surface area contributed by atoms with Crippen LogP contribution < -0.4 is 0 Å². The highest BCUT2D eigenvalue weighted by Crippen LogP contribution is 2.44. The van der Waals surface area contributed by atoms with Crippen LogP contribution in [0.15, 0.2) is 72.8 Å². The summed E-state index contributed by atoms with van der Waals surface area (Å²) in [5, 5.41) is 0.381. The molecule has 4 amide bonds. The van der Waals surface area contributed by atoms with E-state index in [4.69, 9.17) is 14.3 Å². The van der Waals surface area contributed by atoms with Crippen molar-refractivity contribution in [2.24, 2.45) is 0 Å². The molecule has 6 rings (SSSR count). The molecule has 0 bridgehead atoms. The van der Waals surface area contributed by atoms with Gasteiger partial charge in [-0.2, -0.15) is 0 Å². The Morgan fingerprint density at radius 1 is 0.750 bits per heavy atom. The van der Waals surface area contributed by atoms with Gasteiger partial charge in [0.2, 0.25) is 0 Å². The molecule has 0 radical (unpaired) electrons. The third-order valence-electron chi connectivity index (χ3n) is 7.81. The van der Waals surface area contributed by atoms with Gasteiger partial charge in [0.15, 0.2) is 6.04 Å². The highest BCUT2D eigenvalue weighted by molar-refractivity contribution is 6.21. The maximum atomic E-state index is 13.5. The molecular weight excluding hydrogens is 566 g/mol. The van der Waals surface area contributed by atoms with Crippen molar-refractivity contribution in [2.45, 2.75) is 38.3 Å². The van der Waals surface area contributed by atoms with Gasteiger partial charge < -0.3 is 19.2 Å². The van der Waals surface area contributed by atoms with Gasteiger partial charge >= 0.3 is 18.2 Å². The van der Waals surface area contributed by atoms with Gasteiger partial charge in [-0.25, -0.2) is 14.4 Å². The summed E-state index contributed by atoms with van der Waals surface area (Å²) >= 11 is 0. The number of hydrogen-bond donors (Lipinski definition) is 0. The van der Waals surface area contributed by atoms with Crippen LogP contribution in [0.2, 0.25) is 0 Å². The molecule has 1 saturated heterocycles. The Kier molecular flexibility index (Phi) is 7.32. The van der Waals surface area contributed by atoms with E-state index in [2.05, 4.69) is 0 Å². The van der Waals surface area contributed by atoms with Crippen molar-refractivity contribution in [3.05, 3.63) is 95.1 Å². The van der Waals surface area contributed by atoms with E-state index in [9.17, 15) is 24.0 Å². The maximum Gasteiger partial charge on any atom is 0.411 e. The van der Waals surface area contributed by atoms with Crippen molar-refractivity contribution >= 4 is 30.0 Å². The number of carbonyl (C=O) groups is 5. The second-order valence-electron chi connectivity index (χ2n) is 11.8. The smallest absolute Gasteiger partial charge is 0.411 e. The van der Waals surface area contributed by atoms with Crippen molar-refractivity contribution in [2.75, 3.05) is 26.2 Å². The summed E-state index contributed by atoms with van der Waals surface area (Å²) < 4.78 is 11.3. The number of benzene rings is 3. The first kappa shape index (κ1) is 28.9. The lowest BCUT2D eigenvalue weighted by Gasteiger charge is -2.39. The fourth-order valence-corrected chi connectivity index (χ4v) is 5.78. The van der Waals surface area contributed by atoms with Crippen LogP contribution >= 0.6 is 0 Å². The highest BCUT2D eigenvalue weighted by atomic mass is 16.7. The molecule has 1 atom stereocenters. The zero-order valence-electron chi connectivity index (χ0n) is 24.5. The Balaban J connectivity index is 1.18. The lowest BCUT2D eigenvalue weighted by Crippen LogP contribution is -2.61. The fourth-order valence-electron chi connectivity index (χ4n) is 5.78. The van der Waals surface area contributed by atoms with Crippen LogP contribution in [0.4, 0.5) is 9.59 Å². The molecule has 0 N–H and O–H groups in total. The summed E-state index contributed by atoms with van der Waals surface area (Å²) in [5.41, 5.74) is 3.61. The molecule has 3 aromatic rings. The average molecular weight is 598 g/mol. The van der Waals surface area contributed by atoms with E-state index < -0.39 is 41.6 Å². The molecule has 44 heavy (non-hydrogen) atoms. The van der Waals surface area contributed by atoms with Gasteiger partial charge in [-0.15, -0.1) is 0 Å². The Morgan fingerprint density at radius 2 is 1.27 bits per heavy atom. The normalized spacial score (nSPS) is 17.6. The summed E-state index contributed by atoms with van der Waals surface area (Å²) in [7, 11) is 0. The zero-order valence-corrected chi connectivity index (χ0v) is 24.5. The predicted octanol–water partition coefficient (Wildman–Crippen LogP) is 4.61. The van der Waals surface area contributed by atoms with Crippen LogP contribution in [0, 0.1) is 0 Å². The molecule has 0 saturated carbocycles. The molecule has 1 aliphatic carbocycles. The van der Waals surface area contributed by atoms with Crippen LogP contribution in [0.3, 0.4) is 0 Å². The minimum Gasteiger partial charge on any atom is -0.448 e. The minimum atomic E-state index is -1.37. The summed E-state index contributed by atoms with van der Waals surface area (Å²) in [5.74, 6) is -2.83. The van der Waals surface area contributed by atoms with Crippen molar-refractivity contribution in [1.82, 2.24) is 14.9 Å². The van der Waals surface area contributed by atoms with Crippen LogP contribution in [-0.4, -0.2) is 82.7 Å². The second kappa shape index (κ2) is 11.1. The molecule has 226 valence electrons. The highest BCUT2D eigenvalue weighted by Gasteiger charge is 2.45. The third-order valence-corrected chi connectivity index (χ3v) is 7.81. The molecule has 11 heteroatoms. The molecule has 11 nitrogen and oxygen atoms in total. The van der Waals surface area contributed by atoms with Gasteiger partial charge in [0, 0.05) is 19.0 Å². The van der Waals surface area contributed by atoms with Gasteiger partial charge in [0.1, 0.15) is 12.2 Å². The Morgan fingerprint density at radius 3 is 1.82 bits per heavy atom. The van der Waals surface area contributed by atoms with E-state index in [1.165, 1.54) is 17.0 Å². The van der Waals surface area contributed by atoms with E-state index in [1.807, 2.05) is 48.5 Å². The second-order valence-corrected chi connectivity index (χ2v) is 11.8. The van der Waals surface area contributed by atoms with Gasteiger partial charge in [-0.05, 0) is 55.2 Å². The number of rotatable bonds is 4. The first-order valence-corrected chi connectivity index (χ1v) is 14.3. The number of imide groups is 1. The van der Waals surface area contributed by atoms with Gasteiger partial charge in [-0.3, -0.25) is 14.5 Å². The topological polar surface area (TPSA) is 123 Å². The standard InChI is InChI=1S/C33H31N3O8/c1-33(2,3)43-32(41)35-17-16-34(18-27(35)30(39)44-36-28(37)24-14-8-9-15-25(24)29(36)38)31(40)42-19-26-22-12-6-4-10-20(22)21-11-5-7-13-23(21)26/h4-15,26-27H,16-19H2,1-3H3. The van der Waals surface area contributed by atoms with Gasteiger partial charge in [0.25, 0.3) is 11.8 Å². The maximum absolute atomic E-state index is 13.5. The quantitative estimate of drug-likeness (QED) is 0.400. The monoisotopic (exact) mass is 597 g/mol. The predicted molar refractivity (Wildman–Crippen MR) is 156 cm³/mol. The summed E-state index contributed by atoms with van der Waals surface area (Å²) in [4.78, 5) is 73.3. The molecule has 1 unspecified atom stereocenters. The first-order chi connectivity index (χ1) is 21.0. The molecule has 3 aromatic carbocycles. The largest absolute Gasteiger partial charge is 0.448 e. The van der Waals surface area contributed by atoms with Crippen molar-refractivity contribution in [1.29, 1.82) is 0 Å². The molecule has 0 spiro atoms. The minimum absolute atomic E-state index is 0.0622. The zero-order chi connectivity index (χ0) is 31.2. The SMILES string of the molecule is CC(C)(C)OC(=O)N1CCN(C(=O)OCC2c3ccccc3-c3ccccc32)CC1C(=O)ON1C(=O)c2ccccc2C1=O. The number of hydrogen-bond acceptors (Lipinski definition) is 8. The summed E-state index contributed by atoms with van der Waals surface area (Å²) in [6, 6.07) is 20.6. The Hall–Kier alpha value is -5.19. The molecule has 0 aromatic heterocycles. The Labute approximate surface area is 253 Å². The lowest BCUT2D eigenvalue weighted by atomic mass is 9.98. The van der Waals surface area contributed by atoms with Gasteiger partial charge in [0.05, 0.1) is 17.7 Å². The number of nitrogens with zero attached hydrogens (tertiary/aromatic N) is 3. The van der Waals surface area contributed by atoms with E-state index in [0.717, 1.165) is 27.2 Å². The van der Waals surface area contributed by atoms with Crippen molar-refractivity contribution in [3.63, 3.8) is 0 Å². The van der Waals surface area contributed by atoms with Gasteiger partial charge in [-0.1, -0.05) is 65.7 Å². The lowest BCUT2D eigenvalue weighted by molar-refractivity contribution is -0.176. The van der Waals surface area contributed by atoms with E-state index in [-0.39, 0.29) is 43.3 Å². The number of carbonyl (C=O) groups excluding carboxylic acids is 5. The van der Waals surface area contributed by atoms with Crippen molar-refractivity contribution < 1.29 is 38.3 Å². The number of ether oxygens (including phenoxy) is 2. The van der Waals surface area contributed by atoms with E-state index in [1.54, 1.807) is 32.9 Å². The number of fused-ring (bicyclic) bond motifs is 4. The van der Waals surface area contributed by atoms with E-state index in [0.29, 0.717) is 5.06 Å². The first-order valence-electron chi connectivity index (χ1n) is 14.3. The molecule has 1 fully saturated rings. The third kappa shape index (κ3) is 5.25. The van der Waals surface area contributed by atoms with Crippen LogP contribution in [0.25, 0.3) is 11.1 Å².